The second-order valence-electron chi connectivity index (χ2n) is 6.44. The summed E-state index contributed by atoms with van der Waals surface area (Å²) in [5.74, 6) is 0. The first-order valence-corrected chi connectivity index (χ1v) is 9.94. The van der Waals surface area contributed by atoms with Crippen molar-refractivity contribution in [3.63, 3.8) is 0 Å². The maximum absolute atomic E-state index is 13.0. The largest absolute Gasteiger partial charge is 0.430 e. The highest BCUT2D eigenvalue weighted by molar-refractivity contribution is 7.96. The Hall–Kier alpha value is -2.27. The molecule has 4 nitrogen and oxygen atoms in total. The topological polar surface area (TPSA) is 57.6 Å². The van der Waals surface area contributed by atoms with E-state index in [2.05, 4.69) is 6.58 Å². The highest BCUT2D eigenvalue weighted by atomic mass is 32.2. The van der Waals surface area contributed by atoms with E-state index in [1.807, 2.05) is 0 Å². The summed E-state index contributed by atoms with van der Waals surface area (Å²) < 4.78 is 105. The number of hydrogen-bond donors (Lipinski definition) is 1. The SMILES string of the molecule is C=CC(=CC=C(C)C)S(=O)(=O)N(CC)c1ccc(C(O)(C(F)(F)F)C(F)(F)F)cc1. The van der Waals surface area contributed by atoms with Crippen LogP contribution >= 0.6 is 0 Å². The molecule has 0 saturated carbocycles. The number of benzene rings is 1. The van der Waals surface area contributed by atoms with E-state index in [1.54, 1.807) is 13.8 Å². The maximum atomic E-state index is 13.0. The standard InChI is InChI=1S/C19H21F6NO3S/c1-5-16(12-7-13(3)4)30(28,29)26(6-2)15-10-8-14(9-11-15)17(27,18(20,21)22)19(23,24)25/h5,7-12,27H,1,6H2,2-4H3. The van der Waals surface area contributed by atoms with E-state index in [0.717, 1.165) is 28.1 Å². The van der Waals surface area contributed by atoms with Crippen molar-refractivity contribution in [1.29, 1.82) is 0 Å². The summed E-state index contributed by atoms with van der Waals surface area (Å²) in [7, 11) is -4.19. The van der Waals surface area contributed by atoms with Crippen LogP contribution in [0.25, 0.3) is 0 Å². The minimum Gasteiger partial charge on any atom is -0.369 e. The van der Waals surface area contributed by atoms with Crippen molar-refractivity contribution in [3.05, 3.63) is 65.1 Å². The fourth-order valence-electron chi connectivity index (χ4n) is 2.48. The van der Waals surface area contributed by atoms with E-state index >= 15 is 0 Å². The molecule has 1 rings (SSSR count). The number of allylic oxidation sites excluding steroid dienone is 4. The van der Waals surface area contributed by atoms with Crippen molar-refractivity contribution in [3.8, 4) is 0 Å². The predicted octanol–water partition coefficient (Wildman–Crippen LogP) is 5.19. The molecule has 30 heavy (non-hydrogen) atoms. The van der Waals surface area contributed by atoms with Crippen LogP contribution in [0.4, 0.5) is 32.0 Å². The van der Waals surface area contributed by atoms with Gasteiger partial charge in [0.15, 0.2) is 0 Å². The Balaban J connectivity index is 3.52. The van der Waals surface area contributed by atoms with Gasteiger partial charge in [-0.15, -0.1) is 0 Å². The van der Waals surface area contributed by atoms with Crippen molar-refractivity contribution in [2.45, 2.75) is 38.7 Å². The number of nitrogens with zero attached hydrogens (tertiary/aromatic N) is 1. The molecule has 0 radical (unpaired) electrons. The summed E-state index contributed by atoms with van der Waals surface area (Å²) in [6.45, 7) is 8.16. The third-order valence-electron chi connectivity index (χ3n) is 4.05. The number of rotatable bonds is 7. The molecule has 0 spiro atoms. The first-order valence-electron chi connectivity index (χ1n) is 8.50. The Morgan fingerprint density at radius 3 is 1.83 bits per heavy atom. The van der Waals surface area contributed by atoms with Crippen molar-refractivity contribution in [2.24, 2.45) is 0 Å². The van der Waals surface area contributed by atoms with E-state index in [4.69, 9.17) is 0 Å². The normalized spacial score (nSPS) is 13.7. The fraction of sp³-hybridized carbons (Fsp3) is 0.368. The second-order valence-corrected chi connectivity index (χ2v) is 8.30. The molecular weight excluding hydrogens is 436 g/mol. The summed E-state index contributed by atoms with van der Waals surface area (Å²) in [6, 6.07) is 2.31. The molecule has 0 saturated heterocycles. The first-order chi connectivity index (χ1) is 13.5. The van der Waals surface area contributed by atoms with Gasteiger partial charge in [-0.2, -0.15) is 26.3 Å². The summed E-state index contributed by atoms with van der Waals surface area (Å²) in [5, 5.41) is 9.44. The number of sulfonamides is 1. The van der Waals surface area contributed by atoms with Crippen molar-refractivity contribution in [2.75, 3.05) is 10.8 Å². The van der Waals surface area contributed by atoms with Gasteiger partial charge in [-0.1, -0.05) is 30.4 Å². The number of alkyl halides is 6. The lowest BCUT2D eigenvalue weighted by atomic mass is 9.92. The minimum atomic E-state index is -6.04. The molecule has 1 aromatic carbocycles. The van der Waals surface area contributed by atoms with Crippen molar-refractivity contribution >= 4 is 15.7 Å². The molecule has 0 aliphatic rings. The zero-order valence-corrected chi connectivity index (χ0v) is 17.2. The Bertz CT molecular complexity index is 911. The fourth-order valence-corrected chi connectivity index (χ4v) is 3.93. The van der Waals surface area contributed by atoms with E-state index in [1.165, 1.54) is 19.1 Å². The average Bonchev–Trinajstić information content (AvgIpc) is 2.60. The first kappa shape index (κ1) is 25.8. The van der Waals surface area contributed by atoms with Crippen LogP contribution in [0.5, 0.6) is 0 Å². The molecule has 0 amide bonds. The number of hydrogen-bond acceptors (Lipinski definition) is 3. The molecule has 0 unspecified atom stereocenters. The lowest BCUT2D eigenvalue weighted by Gasteiger charge is -2.33. The average molecular weight is 457 g/mol. The second kappa shape index (κ2) is 8.84. The maximum Gasteiger partial charge on any atom is 0.430 e. The molecule has 0 atom stereocenters. The highest BCUT2D eigenvalue weighted by Gasteiger charge is 2.71. The molecule has 0 bridgehead atoms. The van der Waals surface area contributed by atoms with Gasteiger partial charge >= 0.3 is 12.4 Å². The summed E-state index contributed by atoms with van der Waals surface area (Å²) in [5.41, 5.74) is -5.97. The zero-order chi connectivity index (χ0) is 23.5. The Morgan fingerprint density at radius 1 is 1.03 bits per heavy atom. The third-order valence-corrected chi connectivity index (χ3v) is 6.00. The van der Waals surface area contributed by atoms with Gasteiger partial charge in [0.25, 0.3) is 15.6 Å². The van der Waals surface area contributed by atoms with Crippen LogP contribution in [-0.4, -0.2) is 32.4 Å². The van der Waals surface area contributed by atoms with Gasteiger partial charge in [-0.25, -0.2) is 8.42 Å². The molecule has 0 aliphatic heterocycles. The van der Waals surface area contributed by atoms with Crippen LogP contribution in [0.2, 0.25) is 0 Å². The zero-order valence-electron chi connectivity index (χ0n) is 16.3. The molecule has 0 fully saturated rings. The third kappa shape index (κ3) is 4.89. The van der Waals surface area contributed by atoms with E-state index in [-0.39, 0.29) is 17.1 Å². The van der Waals surface area contributed by atoms with Crippen LogP contribution in [0.15, 0.2) is 59.6 Å². The van der Waals surface area contributed by atoms with Crippen LogP contribution < -0.4 is 4.31 Å². The van der Waals surface area contributed by atoms with Crippen LogP contribution in [0.3, 0.4) is 0 Å². The molecule has 11 heteroatoms. The van der Waals surface area contributed by atoms with Crippen LogP contribution in [0, 0.1) is 0 Å². The van der Waals surface area contributed by atoms with Gasteiger partial charge < -0.3 is 5.11 Å². The minimum absolute atomic E-state index is 0.162. The summed E-state index contributed by atoms with van der Waals surface area (Å²) >= 11 is 0. The quantitative estimate of drug-likeness (QED) is 0.453. The number of anilines is 1. The lowest BCUT2D eigenvalue weighted by molar-refractivity contribution is -0.376. The molecule has 0 heterocycles. The van der Waals surface area contributed by atoms with Gasteiger partial charge in [0.1, 0.15) is 0 Å². The smallest absolute Gasteiger partial charge is 0.369 e. The van der Waals surface area contributed by atoms with Crippen molar-refractivity contribution in [1.82, 2.24) is 0 Å². The number of halogens is 6. The van der Waals surface area contributed by atoms with Crippen LogP contribution in [0.1, 0.15) is 26.3 Å². The van der Waals surface area contributed by atoms with Crippen molar-refractivity contribution < 1.29 is 39.9 Å². The Labute approximate surface area is 170 Å². The lowest BCUT2D eigenvalue weighted by Crippen LogP contribution is -2.53. The molecular formula is C19H21F6NO3S. The molecule has 1 aromatic rings. The molecule has 0 aromatic heterocycles. The monoisotopic (exact) mass is 457 g/mol. The van der Waals surface area contributed by atoms with Gasteiger partial charge in [0, 0.05) is 12.1 Å². The molecule has 168 valence electrons. The Morgan fingerprint density at radius 2 is 1.50 bits per heavy atom. The molecule has 1 N–H and O–H groups in total. The van der Waals surface area contributed by atoms with Gasteiger partial charge in [0.2, 0.25) is 0 Å². The Kier molecular flexibility index (Phi) is 7.60. The summed E-state index contributed by atoms with van der Waals surface area (Å²) in [4.78, 5) is -0.211. The van der Waals surface area contributed by atoms with E-state index in [9.17, 15) is 39.9 Å². The van der Waals surface area contributed by atoms with Gasteiger partial charge in [-0.3, -0.25) is 4.31 Å². The predicted molar refractivity (Wildman–Crippen MR) is 102 cm³/mol. The number of aliphatic hydroxyl groups is 1. The molecule has 0 aliphatic carbocycles. The van der Waals surface area contributed by atoms with E-state index in [0.29, 0.717) is 12.1 Å². The van der Waals surface area contributed by atoms with Gasteiger partial charge in [0.05, 0.1) is 10.6 Å². The summed E-state index contributed by atoms with van der Waals surface area (Å²) in [6.07, 6.45) is -8.21. The van der Waals surface area contributed by atoms with Gasteiger partial charge in [-0.05, 0) is 45.1 Å². The van der Waals surface area contributed by atoms with E-state index < -0.39 is 33.5 Å². The van der Waals surface area contributed by atoms with Crippen LogP contribution in [-0.2, 0) is 15.6 Å². The highest BCUT2D eigenvalue weighted by Crippen LogP contribution is 2.50.